The summed E-state index contributed by atoms with van der Waals surface area (Å²) in [4.78, 5) is 25.9. The van der Waals surface area contributed by atoms with Gasteiger partial charge in [-0.05, 0) is 24.6 Å². The van der Waals surface area contributed by atoms with Gasteiger partial charge in [0.25, 0.3) is 0 Å². The van der Waals surface area contributed by atoms with Gasteiger partial charge in [0.05, 0.1) is 17.8 Å². The van der Waals surface area contributed by atoms with Gasteiger partial charge in [-0.2, -0.15) is 5.10 Å². The van der Waals surface area contributed by atoms with Crippen LogP contribution < -0.4 is 10.2 Å². The molecule has 2 aromatic rings. The van der Waals surface area contributed by atoms with E-state index in [2.05, 4.69) is 10.4 Å². The Morgan fingerprint density at radius 2 is 2.22 bits per heavy atom. The molecule has 2 heterocycles. The van der Waals surface area contributed by atoms with Crippen LogP contribution in [-0.4, -0.2) is 28.1 Å². The predicted molar refractivity (Wildman–Crippen MR) is 83.4 cm³/mol. The van der Waals surface area contributed by atoms with Crippen molar-refractivity contribution in [1.29, 1.82) is 0 Å². The number of nitrogens with zero attached hydrogens (tertiary/aromatic N) is 3. The topological polar surface area (TPSA) is 67.2 Å². The zero-order chi connectivity index (χ0) is 16.6. The van der Waals surface area contributed by atoms with Crippen LogP contribution in [0, 0.1) is 18.7 Å². The summed E-state index contributed by atoms with van der Waals surface area (Å²) in [5.74, 6) is -1.24. The molecule has 1 aliphatic heterocycles. The van der Waals surface area contributed by atoms with E-state index in [0.29, 0.717) is 16.9 Å². The van der Waals surface area contributed by atoms with Crippen molar-refractivity contribution in [1.82, 2.24) is 9.78 Å². The quantitative estimate of drug-likeness (QED) is 0.940. The van der Waals surface area contributed by atoms with Crippen LogP contribution in [0.5, 0.6) is 0 Å². The zero-order valence-corrected chi connectivity index (χ0v) is 12.9. The molecule has 3 rings (SSSR count). The molecule has 2 amide bonds. The smallest absolute Gasteiger partial charge is 0.229 e. The number of carbonyl (C=O) groups is 2. The van der Waals surface area contributed by atoms with Gasteiger partial charge in [0.15, 0.2) is 0 Å². The van der Waals surface area contributed by atoms with Crippen molar-refractivity contribution >= 4 is 23.2 Å². The molecule has 0 aliphatic carbocycles. The molecule has 0 spiro atoms. The molecule has 1 fully saturated rings. The fourth-order valence-electron chi connectivity index (χ4n) is 2.61. The summed E-state index contributed by atoms with van der Waals surface area (Å²) in [5.41, 5.74) is 1.59. The van der Waals surface area contributed by atoms with Gasteiger partial charge in [-0.3, -0.25) is 14.3 Å². The molecule has 23 heavy (non-hydrogen) atoms. The van der Waals surface area contributed by atoms with Crippen molar-refractivity contribution in [2.75, 3.05) is 16.8 Å². The van der Waals surface area contributed by atoms with E-state index >= 15 is 0 Å². The Hall–Kier alpha value is -2.70. The first-order chi connectivity index (χ1) is 10.9. The molecule has 0 radical (unpaired) electrons. The number of anilines is 2. The van der Waals surface area contributed by atoms with Crippen molar-refractivity contribution in [3.05, 3.63) is 42.0 Å². The normalized spacial score (nSPS) is 17.6. The van der Waals surface area contributed by atoms with Gasteiger partial charge < -0.3 is 10.2 Å². The third-order valence-corrected chi connectivity index (χ3v) is 3.94. The minimum absolute atomic E-state index is 0.113. The number of benzene rings is 1. The third-order valence-electron chi connectivity index (χ3n) is 3.94. The minimum Gasteiger partial charge on any atom is -0.323 e. The molecule has 0 unspecified atom stereocenters. The largest absolute Gasteiger partial charge is 0.323 e. The lowest BCUT2D eigenvalue weighted by atomic mass is 10.1. The second-order valence-corrected chi connectivity index (χ2v) is 5.73. The number of amides is 2. The number of rotatable bonds is 3. The highest BCUT2D eigenvalue weighted by Gasteiger charge is 2.35. The number of halogens is 1. The van der Waals surface area contributed by atoms with Gasteiger partial charge in [-0.25, -0.2) is 4.39 Å². The van der Waals surface area contributed by atoms with Gasteiger partial charge in [0.1, 0.15) is 5.82 Å². The Morgan fingerprint density at radius 3 is 2.87 bits per heavy atom. The Labute approximate surface area is 132 Å². The first-order valence-corrected chi connectivity index (χ1v) is 7.30. The van der Waals surface area contributed by atoms with E-state index in [1.54, 1.807) is 43.2 Å². The molecule has 120 valence electrons. The molecular weight excluding hydrogens is 299 g/mol. The maximum absolute atomic E-state index is 13.7. The molecule has 1 N–H and O–H groups in total. The first-order valence-electron chi connectivity index (χ1n) is 7.30. The Kier molecular flexibility index (Phi) is 3.85. The summed E-state index contributed by atoms with van der Waals surface area (Å²) in [6.07, 6.45) is 3.34. The number of aromatic nitrogens is 2. The van der Waals surface area contributed by atoms with Crippen molar-refractivity contribution in [3.8, 4) is 0 Å². The average Bonchev–Trinajstić information content (AvgIpc) is 3.08. The molecule has 0 bridgehead atoms. The van der Waals surface area contributed by atoms with Crippen molar-refractivity contribution in [3.63, 3.8) is 0 Å². The van der Waals surface area contributed by atoms with Crippen molar-refractivity contribution in [2.45, 2.75) is 13.3 Å². The molecule has 1 aliphatic rings. The zero-order valence-electron chi connectivity index (χ0n) is 12.9. The van der Waals surface area contributed by atoms with Crippen LogP contribution in [0.3, 0.4) is 0 Å². The lowest BCUT2D eigenvalue weighted by Gasteiger charge is -2.17. The van der Waals surface area contributed by atoms with Crippen LogP contribution in [0.25, 0.3) is 0 Å². The van der Waals surface area contributed by atoms with Crippen LogP contribution in [0.1, 0.15) is 12.0 Å². The lowest BCUT2D eigenvalue weighted by Crippen LogP contribution is -2.28. The highest BCUT2D eigenvalue weighted by molar-refractivity contribution is 6.03. The van der Waals surface area contributed by atoms with E-state index in [1.165, 1.54) is 11.0 Å². The first kappa shape index (κ1) is 15.2. The van der Waals surface area contributed by atoms with Crippen LogP contribution >= 0.6 is 0 Å². The Morgan fingerprint density at radius 1 is 1.43 bits per heavy atom. The number of hydrogen-bond acceptors (Lipinski definition) is 3. The van der Waals surface area contributed by atoms with Crippen molar-refractivity contribution < 1.29 is 14.0 Å². The average molecular weight is 316 g/mol. The summed E-state index contributed by atoms with van der Waals surface area (Å²) in [6, 6.07) is 4.65. The van der Waals surface area contributed by atoms with E-state index in [0.717, 1.165) is 0 Å². The van der Waals surface area contributed by atoms with Crippen LogP contribution in [0.2, 0.25) is 0 Å². The fourth-order valence-corrected chi connectivity index (χ4v) is 2.61. The maximum Gasteiger partial charge on any atom is 0.229 e. The van der Waals surface area contributed by atoms with E-state index in [1.807, 2.05) is 0 Å². The number of aryl methyl sites for hydroxylation is 2. The predicted octanol–water partition coefficient (Wildman–Crippen LogP) is 1.86. The molecule has 1 aromatic heterocycles. The maximum atomic E-state index is 13.7. The van der Waals surface area contributed by atoms with E-state index in [-0.39, 0.29) is 30.6 Å². The van der Waals surface area contributed by atoms with E-state index < -0.39 is 5.92 Å². The Bertz CT molecular complexity index is 771. The fraction of sp³-hybridized carbons (Fsp3) is 0.312. The SMILES string of the molecule is Cc1ccc(N2C[C@@H](C(=O)Nc3cnn(C)c3)CC2=O)cc1F. The van der Waals surface area contributed by atoms with Gasteiger partial charge in [-0.1, -0.05) is 6.07 Å². The Balaban J connectivity index is 1.71. The summed E-state index contributed by atoms with van der Waals surface area (Å²) < 4.78 is 15.3. The standard InChI is InChI=1S/C16H17FN4O2/c1-10-3-4-13(6-14(10)17)21-8-11(5-15(21)22)16(23)19-12-7-18-20(2)9-12/h3-4,6-7,9,11H,5,8H2,1-2H3,(H,19,23)/t11-/m0/s1. The van der Waals surface area contributed by atoms with Gasteiger partial charge in [0.2, 0.25) is 11.8 Å². The van der Waals surface area contributed by atoms with Gasteiger partial charge in [0, 0.05) is 31.9 Å². The van der Waals surface area contributed by atoms with Crippen molar-refractivity contribution in [2.24, 2.45) is 13.0 Å². The van der Waals surface area contributed by atoms with E-state index in [4.69, 9.17) is 0 Å². The van der Waals surface area contributed by atoms with Crippen LogP contribution in [0.4, 0.5) is 15.8 Å². The minimum atomic E-state index is -0.466. The van der Waals surface area contributed by atoms with Gasteiger partial charge in [-0.15, -0.1) is 0 Å². The summed E-state index contributed by atoms with van der Waals surface area (Å²) in [6.45, 7) is 1.91. The summed E-state index contributed by atoms with van der Waals surface area (Å²) in [5, 5.41) is 6.72. The second-order valence-electron chi connectivity index (χ2n) is 5.73. The highest BCUT2D eigenvalue weighted by atomic mass is 19.1. The number of hydrogen-bond donors (Lipinski definition) is 1. The number of carbonyl (C=O) groups excluding carboxylic acids is 2. The molecule has 1 aromatic carbocycles. The monoisotopic (exact) mass is 316 g/mol. The van der Waals surface area contributed by atoms with Crippen LogP contribution in [0.15, 0.2) is 30.6 Å². The molecule has 0 saturated carbocycles. The van der Waals surface area contributed by atoms with Gasteiger partial charge >= 0.3 is 0 Å². The number of nitrogens with one attached hydrogen (secondary N) is 1. The van der Waals surface area contributed by atoms with Crippen LogP contribution in [-0.2, 0) is 16.6 Å². The third kappa shape index (κ3) is 3.08. The molecule has 7 heteroatoms. The highest BCUT2D eigenvalue weighted by Crippen LogP contribution is 2.27. The summed E-state index contributed by atoms with van der Waals surface area (Å²) in [7, 11) is 1.75. The molecule has 1 saturated heterocycles. The van der Waals surface area contributed by atoms with E-state index in [9.17, 15) is 14.0 Å². The molecular formula is C16H17FN4O2. The molecule has 1 atom stereocenters. The second kappa shape index (κ2) is 5.83. The summed E-state index contributed by atoms with van der Waals surface area (Å²) >= 11 is 0. The lowest BCUT2D eigenvalue weighted by molar-refractivity contribution is -0.122. The molecule has 6 nitrogen and oxygen atoms in total.